The molecule has 3 N–H and O–H groups in total. The molecule has 0 saturated heterocycles. The highest BCUT2D eigenvalue weighted by Gasteiger charge is 2.30. The molecule has 1 aliphatic carbocycles. The van der Waals surface area contributed by atoms with E-state index in [-0.39, 0.29) is 5.56 Å². The summed E-state index contributed by atoms with van der Waals surface area (Å²) in [5, 5.41) is 13.9. The summed E-state index contributed by atoms with van der Waals surface area (Å²) in [5.74, 6) is 0.324. The van der Waals surface area contributed by atoms with Gasteiger partial charge in [0, 0.05) is 34.4 Å². The van der Waals surface area contributed by atoms with Gasteiger partial charge in [0.05, 0.1) is 11.4 Å². The van der Waals surface area contributed by atoms with E-state index in [1.807, 2.05) is 0 Å². The van der Waals surface area contributed by atoms with Gasteiger partial charge in [-0.2, -0.15) is 13.2 Å². The van der Waals surface area contributed by atoms with Gasteiger partial charge in [-0.15, -0.1) is 0 Å². The van der Waals surface area contributed by atoms with Crippen LogP contribution in [0.2, 0.25) is 0 Å². The van der Waals surface area contributed by atoms with Crippen molar-refractivity contribution < 1.29 is 17.9 Å². The van der Waals surface area contributed by atoms with E-state index in [0.717, 1.165) is 4.47 Å². The summed E-state index contributed by atoms with van der Waals surface area (Å²) in [6.45, 7) is -1.42. The van der Waals surface area contributed by atoms with Crippen LogP contribution in [0.3, 0.4) is 0 Å². The fourth-order valence-electron chi connectivity index (χ4n) is 3.62. The molecule has 0 fully saturated rings. The molecule has 1 aliphatic heterocycles. The zero-order chi connectivity index (χ0) is 24.5. The molecule has 6 nitrogen and oxygen atoms in total. The van der Waals surface area contributed by atoms with E-state index in [1.165, 1.54) is 10.6 Å². The average Bonchev–Trinajstić information content (AvgIpc) is 2.79. The van der Waals surface area contributed by atoms with Crippen LogP contribution < -0.4 is 16.2 Å². The highest BCUT2D eigenvalue weighted by Crippen LogP contribution is 2.30. The molecule has 2 heterocycles. The molecule has 0 radical (unpaired) electrons. The van der Waals surface area contributed by atoms with Crippen molar-refractivity contribution in [2.75, 3.05) is 19.0 Å². The van der Waals surface area contributed by atoms with Crippen molar-refractivity contribution in [1.29, 1.82) is 5.41 Å². The Kier molecular flexibility index (Phi) is 6.63. The third-order valence-corrected chi connectivity index (χ3v) is 5.66. The van der Waals surface area contributed by atoms with E-state index in [2.05, 4.69) is 26.6 Å². The van der Waals surface area contributed by atoms with Crippen LogP contribution in [0, 0.1) is 5.41 Å². The number of pyridine rings is 1. The molecule has 1 atom stereocenters. The van der Waals surface area contributed by atoms with Gasteiger partial charge in [0.2, 0.25) is 0 Å². The standard InChI is InChI=1S/C24H20BrF3N4O2/c1-30-12-16-10-14(2-8-20(16)29)19-11-15-3-9-21(34-13-24(26,27)28)31-22(15)32(23(19)33)18-6-4-17(25)5-7-18/h2-12,21,29-31H,13H2,1H3/b16-12-,29-20?. The lowest BCUT2D eigenvalue weighted by molar-refractivity contribution is -0.178. The molecule has 1 unspecified atom stereocenters. The van der Waals surface area contributed by atoms with Crippen molar-refractivity contribution in [3.8, 4) is 5.69 Å². The second-order valence-electron chi connectivity index (χ2n) is 7.56. The first-order valence-corrected chi connectivity index (χ1v) is 11.0. The smallest absolute Gasteiger partial charge is 0.393 e. The van der Waals surface area contributed by atoms with Crippen molar-refractivity contribution in [2.45, 2.75) is 12.4 Å². The van der Waals surface area contributed by atoms with Crippen LogP contribution >= 0.6 is 15.9 Å². The van der Waals surface area contributed by atoms with E-state index in [4.69, 9.17) is 10.1 Å². The molecular formula is C24H20BrF3N4O2. The molecule has 0 saturated carbocycles. The van der Waals surface area contributed by atoms with Crippen LogP contribution in [0.4, 0.5) is 19.0 Å². The fourth-order valence-corrected chi connectivity index (χ4v) is 3.88. The minimum atomic E-state index is -4.48. The van der Waals surface area contributed by atoms with Gasteiger partial charge in [-0.1, -0.05) is 28.1 Å². The normalized spacial score (nSPS) is 18.5. The van der Waals surface area contributed by atoms with Crippen LogP contribution in [0.15, 0.2) is 75.7 Å². The lowest BCUT2D eigenvalue weighted by Crippen LogP contribution is -2.33. The van der Waals surface area contributed by atoms with Crippen molar-refractivity contribution in [2.24, 2.45) is 0 Å². The summed E-state index contributed by atoms with van der Waals surface area (Å²) in [4.78, 5) is 13.7. The molecule has 0 spiro atoms. The molecule has 176 valence electrons. The van der Waals surface area contributed by atoms with Crippen LogP contribution in [0.1, 0.15) is 11.1 Å². The first-order chi connectivity index (χ1) is 16.2. The van der Waals surface area contributed by atoms with Gasteiger partial charge in [-0.25, -0.2) is 0 Å². The topological polar surface area (TPSA) is 79.1 Å². The van der Waals surface area contributed by atoms with E-state index >= 15 is 0 Å². The summed E-state index contributed by atoms with van der Waals surface area (Å²) in [6.07, 6.45) is 4.28. The van der Waals surface area contributed by atoms with Crippen molar-refractivity contribution >= 4 is 39.1 Å². The van der Waals surface area contributed by atoms with Gasteiger partial charge >= 0.3 is 6.18 Å². The number of nitrogens with zero attached hydrogens (tertiary/aromatic N) is 1. The van der Waals surface area contributed by atoms with Gasteiger partial charge in [-0.05, 0) is 54.1 Å². The summed E-state index contributed by atoms with van der Waals surface area (Å²) < 4.78 is 45.1. The molecule has 2 aromatic rings. The number of ether oxygens (including phenoxy) is 1. The second-order valence-corrected chi connectivity index (χ2v) is 8.48. The molecule has 34 heavy (non-hydrogen) atoms. The molecular weight excluding hydrogens is 513 g/mol. The molecule has 2 aliphatic rings. The predicted octanol–water partition coefficient (Wildman–Crippen LogP) is 5.02. The largest absolute Gasteiger partial charge is 0.411 e. The third-order valence-electron chi connectivity index (χ3n) is 5.13. The maximum absolute atomic E-state index is 13.7. The number of rotatable bonds is 5. The lowest BCUT2D eigenvalue weighted by atomic mass is 9.95. The fraction of sp³-hybridized carbons (Fsp3) is 0.167. The average molecular weight is 533 g/mol. The first kappa shape index (κ1) is 23.8. The molecule has 1 aromatic carbocycles. The Bertz CT molecular complexity index is 1310. The molecule has 1 aromatic heterocycles. The number of alkyl halides is 3. The van der Waals surface area contributed by atoms with Crippen molar-refractivity contribution in [3.05, 3.63) is 92.4 Å². The van der Waals surface area contributed by atoms with Crippen LogP contribution in [-0.4, -0.2) is 36.3 Å². The van der Waals surface area contributed by atoms with Gasteiger partial charge < -0.3 is 20.8 Å². The number of benzene rings is 1. The van der Waals surface area contributed by atoms with E-state index in [9.17, 15) is 18.0 Å². The Morgan fingerprint density at radius 1 is 1.24 bits per heavy atom. The number of hydrogen-bond donors (Lipinski definition) is 3. The van der Waals surface area contributed by atoms with Gasteiger partial charge in [0.1, 0.15) is 18.7 Å². The number of fused-ring (bicyclic) bond motifs is 1. The summed E-state index contributed by atoms with van der Waals surface area (Å²) in [6, 6.07) is 8.68. The Balaban J connectivity index is 1.85. The van der Waals surface area contributed by atoms with E-state index in [0.29, 0.717) is 39.5 Å². The molecule has 0 bridgehead atoms. The van der Waals surface area contributed by atoms with Gasteiger partial charge in [-0.3, -0.25) is 9.36 Å². The lowest BCUT2D eigenvalue weighted by Gasteiger charge is -2.27. The molecule has 10 heteroatoms. The summed E-state index contributed by atoms with van der Waals surface area (Å²) in [5.41, 5.74) is 2.68. The minimum absolute atomic E-state index is 0.301. The maximum Gasteiger partial charge on any atom is 0.411 e. The number of halogens is 4. The summed E-state index contributed by atoms with van der Waals surface area (Å²) in [7, 11) is 1.72. The molecule has 0 amide bonds. The Labute approximate surface area is 201 Å². The predicted molar refractivity (Wildman–Crippen MR) is 130 cm³/mol. The quantitative estimate of drug-likeness (QED) is 0.505. The van der Waals surface area contributed by atoms with E-state index < -0.39 is 19.0 Å². The second kappa shape index (κ2) is 9.47. The summed E-state index contributed by atoms with van der Waals surface area (Å²) >= 11 is 3.37. The number of aromatic nitrogens is 1. The zero-order valence-electron chi connectivity index (χ0n) is 17.9. The van der Waals surface area contributed by atoms with Crippen LogP contribution in [-0.2, 0) is 4.74 Å². The van der Waals surface area contributed by atoms with Crippen LogP contribution in [0.5, 0.6) is 0 Å². The molecule has 4 rings (SSSR count). The number of anilines is 1. The van der Waals surface area contributed by atoms with Gasteiger partial charge in [0.15, 0.2) is 0 Å². The zero-order valence-corrected chi connectivity index (χ0v) is 19.5. The number of nitrogens with one attached hydrogen (secondary N) is 3. The SMILES string of the molecule is CN/C=C1/C=C(c2cc3c(n(-c4ccc(Br)cc4)c2=O)NC(OCC(F)(F)F)C=C3)C=CC1=N. The number of hydrogen-bond acceptors (Lipinski definition) is 5. The van der Waals surface area contributed by atoms with Crippen LogP contribution in [0.25, 0.3) is 17.3 Å². The highest BCUT2D eigenvalue weighted by molar-refractivity contribution is 9.10. The van der Waals surface area contributed by atoms with Gasteiger partial charge in [0.25, 0.3) is 5.56 Å². The van der Waals surface area contributed by atoms with Crippen molar-refractivity contribution in [3.63, 3.8) is 0 Å². The Morgan fingerprint density at radius 3 is 2.65 bits per heavy atom. The Hall–Kier alpha value is -3.37. The third kappa shape index (κ3) is 5.07. The maximum atomic E-state index is 13.7. The van der Waals surface area contributed by atoms with Crippen molar-refractivity contribution in [1.82, 2.24) is 9.88 Å². The minimum Gasteiger partial charge on any atom is -0.393 e. The van der Waals surface area contributed by atoms with E-state index in [1.54, 1.807) is 67.9 Å². The first-order valence-electron chi connectivity index (χ1n) is 10.2. The number of allylic oxidation sites excluding steroid dienone is 5. The highest BCUT2D eigenvalue weighted by atomic mass is 79.9. The monoisotopic (exact) mass is 532 g/mol. The Morgan fingerprint density at radius 2 is 1.97 bits per heavy atom.